The number of hydrogen-bond donors (Lipinski definition) is 1. The van der Waals surface area contributed by atoms with Gasteiger partial charge in [0.05, 0.1) is 10.8 Å². The Labute approximate surface area is 114 Å². The molecule has 1 fully saturated rings. The first-order chi connectivity index (χ1) is 9.24. The second-order valence-electron chi connectivity index (χ2n) is 4.33. The minimum absolute atomic E-state index is 0.245. The first-order valence-electron chi connectivity index (χ1n) is 6.03. The van der Waals surface area contributed by atoms with Crippen LogP contribution in [0.25, 0.3) is 11.5 Å². The Balaban J connectivity index is 1.83. The molecular weight excluding hydrogens is 264 g/mol. The van der Waals surface area contributed by atoms with E-state index in [0.29, 0.717) is 17.0 Å². The van der Waals surface area contributed by atoms with Crippen LogP contribution in [0, 0.1) is 0 Å². The van der Waals surface area contributed by atoms with E-state index in [1.54, 1.807) is 12.1 Å². The van der Waals surface area contributed by atoms with Gasteiger partial charge in [0.1, 0.15) is 0 Å². The summed E-state index contributed by atoms with van der Waals surface area (Å²) in [6.07, 6.45) is 2.25. The molecule has 0 radical (unpaired) electrons. The molecule has 19 heavy (non-hydrogen) atoms. The summed E-state index contributed by atoms with van der Waals surface area (Å²) in [7, 11) is 0. The molecule has 1 unspecified atom stereocenters. The maximum atomic E-state index is 10.8. The van der Waals surface area contributed by atoms with Crippen LogP contribution in [-0.2, 0) is 0 Å². The van der Waals surface area contributed by atoms with Crippen LogP contribution in [0.3, 0.4) is 0 Å². The number of aromatic carboxylic acids is 1. The summed E-state index contributed by atoms with van der Waals surface area (Å²) in [4.78, 5) is 10.8. The van der Waals surface area contributed by atoms with Gasteiger partial charge >= 0.3 is 5.97 Å². The SMILES string of the molecule is O=C(O)c1ccc(-c2nnc(C3CCCS3)o2)cc1. The minimum Gasteiger partial charge on any atom is -0.478 e. The second-order valence-corrected chi connectivity index (χ2v) is 5.64. The first-order valence-corrected chi connectivity index (χ1v) is 7.07. The third-order valence-corrected chi connectivity index (χ3v) is 4.39. The molecule has 2 heterocycles. The Hall–Kier alpha value is -1.82. The van der Waals surface area contributed by atoms with E-state index in [1.807, 2.05) is 11.8 Å². The van der Waals surface area contributed by atoms with Gasteiger partial charge in [-0.3, -0.25) is 0 Å². The zero-order valence-electron chi connectivity index (χ0n) is 10.1. The Kier molecular flexibility index (Phi) is 3.25. The number of aromatic nitrogens is 2. The molecule has 1 aromatic carbocycles. The summed E-state index contributed by atoms with van der Waals surface area (Å²) in [5, 5.41) is 17.3. The lowest BCUT2D eigenvalue weighted by atomic mass is 10.1. The number of benzene rings is 1. The van der Waals surface area contributed by atoms with Crippen molar-refractivity contribution in [1.29, 1.82) is 0 Å². The maximum absolute atomic E-state index is 10.8. The van der Waals surface area contributed by atoms with Crippen molar-refractivity contribution in [1.82, 2.24) is 10.2 Å². The lowest BCUT2D eigenvalue weighted by Crippen LogP contribution is -1.94. The molecule has 6 heteroatoms. The maximum Gasteiger partial charge on any atom is 0.335 e. The number of thioether (sulfide) groups is 1. The highest BCUT2D eigenvalue weighted by Crippen LogP contribution is 2.39. The predicted octanol–water partition coefficient (Wildman–Crippen LogP) is 3.00. The molecule has 1 aliphatic heterocycles. The van der Waals surface area contributed by atoms with Crippen molar-refractivity contribution >= 4 is 17.7 Å². The standard InChI is InChI=1S/C13H12N2O3S/c16-13(17)9-5-3-8(4-6-9)11-14-15-12(18-11)10-2-1-7-19-10/h3-6,10H,1-2,7H2,(H,16,17). The summed E-state index contributed by atoms with van der Waals surface area (Å²) in [6, 6.07) is 6.43. The molecule has 3 rings (SSSR count). The zero-order chi connectivity index (χ0) is 13.2. The molecular formula is C13H12N2O3S. The van der Waals surface area contributed by atoms with Gasteiger partial charge in [0.25, 0.3) is 0 Å². The number of carboxylic acids is 1. The molecule has 1 atom stereocenters. The van der Waals surface area contributed by atoms with E-state index in [4.69, 9.17) is 9.52 Å². The van der Waals surface area contributed by atoms with Crippen molar-refractivity contribution in [3.8, 4) is 11.5 Å². The van der Waals surface area contributed by atoms with Crippen LogP contribution in [0.5, 0.6) is 0 Å². The lowest BCUT2D eigenvalue weighted by Gasteiger charge is -2.00. The quantitative estimate of drug-likeness (QED) is 0.928. The molecule has 98 valence electrons. The van der Waals surface area contributed by atoms with Crippen molar-refractivity contribution in [3.05, 3.63) is 35.7 Å². The smallest absolute Gasteiger partial charge is 0.335 e. The second kappa shape index (κ2) is 5.05. The van der Waals surface area contributed by atoms with Crippen LogP contribution in [0.4, 0.5) is 0 Å². The van der Waals surface area contributed by atoms with E-state index in [0.717, 1.165) is 17.7 Å². The zero-order valence-corrected chi connectivity index (χ0v) is 10.9. The molecule has 0 aliphatic carbocycles. The average Bonchev–Trinajstić information content (AvgIpc) is 3.10. The summed E-state index contributed by atoms with van der Waals surface area (Å²) in [5.41, 5.74) is 0.988. The van der Waals surface area contributed by atoms with Crippen molar-refractivity contribution < 1.29 is 14.3 Å². The van der Waals surface area contributed by atoms with Crippen molar-refractivity contribution in [2.24, 2.45) is 0 Å². The fourth-order valence-electron chi connectivity index (χ4n) is 2.01. The third-order valence-electron chi connectivity index (χ3n) is 3.02. The van der Waals surface area contributed by atoms with E-state index < -0.39 is 5.97 Å². The van der Waals surface area contributed by atoms with E-state index in [1.165, 1.54) is 18.6 Å². The topological polar surface area (TPSA) is 76.2 Å². The summed E-state index contributed by atoms with van der Waals surface area (Å²) in [5.74, 6) is 1.30. The van der Waals surface area contributed by atoms with Gasteiger partial charge in [-0.2, -0.15) is 0 Å². The number of carbonyl (C=O) groups is 1. The van der Waals surface area contributed by atoms with E-state index in [2.05, 4.69) is 10.2 Å². The molecule has 2 aromatic rings. The van der Waals surface area contributed by atoms with Crippen molar-refractivity contribution in [2.75, 3.05) is 5.75 Å². The summed E-state index contributed by atoms with van der Waals surface area (Å²) >= 11 is 1.84. The molecule has 0 spiro atoms. The van der Waals surface area contributed by atoms with Crippen molar-refractivity contribution in [2.45, 2.75) is 18.1 Å². The lowest BCUT2D eigenvalue weighted by molar-refractivity contribution is 0.0697. The number of hydrogen-bond acceptors (Lipinski definition) is 5. The van der Waals surface area contributed by atoms with Crippen LogP contribution in [0.15, 0.2) is 28.7 Å². The Morgan fingerprint density at radius 1 is 1.32 bits per heavy atom. The van der Waals surface area contributed by atoms with Crippen LogP contribution in [0.2, 0.25) is 0 Å². The largest absolute Gasteiger partial charge is 0.478 e. The molecule has 1 aromatic heterocycles. The highest BCUT2D eigenvalue weighted by Gasteiger charge is 2.23. The van der Waals surface area contributed by atoms with Gasteiger partial charge < -0.3 is 9.52 Å². The summed E-state index contributed by atoms with van der Waals surface area (Å²) < 4.78 is 5.66. The molecule has 1 aliphatic rings. The van der Waals surface area contributed by atoms with Gasteiger partial charge in [0.15, 0.2) is 0 Å². The van der Waals surface area contributed by atoms with Gasteiger partial charge in [0.2, 0.25) is 11.8 Å². The Morgan fingerprint density at radius 2 is 2.11 bits per heavy atom. The molecule has 0 saturated carbocycles. The number of nitrogens with zero attached hydrogens (tertiary/aromatic N) is 2. The van der Waals surface area contributed by atoms with Crippen LogP contribution < -0.4 is 0 Å². The molecule has 0 bridgehead atoms. The highest BCUT2D eigenvalue weighted by molar-refractivity contribution is 7.99. The highest BCUT2D eigenvalue weighted by atomic mass is 32.2. The predicted molar refractivity (Wildman–Crippen MR) is 71.1 cm³/mol. The summed E-state index contributed by atoms with van der Waals surface area (Å²) in [6.45, 7) is 0. The minimum atomic E-state index is -0.944. The van der Waals surface area contributed by atoms with E-state index in [9.17, 15) is 4.79 Å². The Bertz CT molecular complexity index is 588. The fourth-order valence-corrected chi connectivity index (χ4v) is 3.20. The molecule has 0 amide bonds. The molecule has 1 saturated heterocycles. The normalized spacial score (nSPS) is 18.6. The first kappa shape index (κ1) is 12.2. The van der Waals surface area contributed by atoms with Gasteiger partial charge in [-0.15, -0.1) is 22.0 Å². The average molecular weight is 276 g/mol. The third kappa shape index (κ3) is 2.49. The van der Waals surface area contributed by atoms with Gasteiger partial charge in [-0.05, 0) is 42.9 Å². The van der Waals surface area contributed by atoms with Crippen LogP contribution in [-0.4, -0.2) is 27.0 Å². The monoisotopic (exact) mass is 276 g/mol. The Morgan fingerprint density at radius 3 is 2.74 bits per heavy atom. The van der Waals surface area contributed by atoms with Crippen molar-refractivity contribution in [3.63, 3.8) is 0 Å². The van der Waals surface area contributed by atoms with E-state index in [-0.39, 0.29) is 5.56 Å². The number of rotatable bonds is 3. The fraction of sp³-hybridized carbons (Fsp3) is 0.308. The van der Waals surface area contributed by atoms with E-state index >= 15 is 0 Å². The molecule has 1 N–H and O–H groups in total. The van der Waals surface area contributed by atoms with Gasteiger partial charge in [-0.25, -0.2) is 4.79 Å². The van der Waals surface area contributed by atoms with Crippen LogP contribution in [0.1, 0.15) is 34.3 Å². The van der Waals surface area contributed by atoms with Gasteiger partial charge in [0, 0.05) is 5.56 Å². The number of carboxylic acid groups (broad SMARTS) is 1. The van der Waals surface area contributed by atoms with Gasteiger partial charge in [-0.1, -0.05) is 0 Å². The van der Waals surface area contributed by atoms with Crippen LogP contribution >= 0.6 is 11.8 Å². The molecule has 5 nitrogen and oxygen atoms in total.